The molecule has 4 rings (SSSR count). The molecular formula is C24H30O10. The Hall–Kier alpha value is -2.31. The molecule has 0 spiro atoms. The van der Waals surface area contributed by atoms with E-state index in [9.17, 15) is 30.3 Å². The van der Waals surface area contributed by atoms with Gasteiger partial charge in [-0.3, -0.25) is 0 Å². The summed E-state index contributed by atoms with van der Waals surface area (Å²) < 4.78 is 22.4. The van der Waals surface area contributed by atoms with Crippen molar-refractivity contribution in [1.82, 2.24) is 0 Å². The van der Waals surface area contributed by atoms with E-state index in [1.807, 2.05) is 36.4 Å². The van der Waals surface area contributed by atoms with E-state index in [-0.39, 0.29) is 5.92 Å². The Morgan fingerprint density at radius 3 is 2.62 bits per heavy atom. The number of ether oxygens (including phenoxy) is 4. The van der Waals surface area contributed by atoms with Crippen LogP contribution in [0.2, 0.25) is 0 Å². The van der Waals surface area contributed by atoms with Gasteiger partial charge in [0, 0.05) is 6.08 Å². The van der Waals surface area contributed by atoms with Gasteiger partial charge >= 0.3 is 5.97 Å². The van der Waals surface area contributed by atoms with E-state index in [0.717, 1.165) is 5.56 Å². The second-order valence-electron chi connectivity index (χ2n) is 9.09. The quantitative estimate of drug-likeness (QED) is 0.279. The maximum atomic E-state index is 12.6. The number of allylic oxidation sites excluding steroid dienone is 1. The summed E-state index contributed by atoms with van der Waals surface area (Å²) in [5.41, 5.74) is -0.136. The number of hydrogen-bond acceptors (Lipinski definition) is 10. The zero-order valence-corrected chi connectivity index (χ0v) is 18.6. The summed E-state index contributed by atoms with van der Waals surface area (Å²) in [5.74, 6) is -3.64. The summed E-state index contributed by atoms with van der Waals surface area (Å²) in [6.07, 6.45) is -0.762. The molecule has 0 radical (unpaired) electrons. The lowest BCUT2D eigenvalue weighted by atomic mass is 9.85. The number of fused-ring (bicyclic) bond motifs is 1. The van der Waals surface area contributed by atoms with Gasteiger partial charge in [0.05, 0.1) is 18.8 Å². The Kier molecular flexibility index (Phi) is 7.11. The smallest absolute Gasteiger partial charge is 0.331 e. The first-order chi connectivity index (χ1) is 16.2. The number of carbonyl (C=O) groups is 1. The third-order valence-electron chi connectivity index (χ3n) is 6.75. The predicted octanol–water partition coefficient (Wildman–Crippen LogP) is 0.0344. The minimum atomic E-state index is -2.54. The molecule has 9 atom stereocenters. The van der Waals surface area contributed by atoms with E-state index in [4.69, 9.17) is 18.9 Å². The van der Waals surface area contributed by atoms with Gasteiger partial charge in [-0.25, -0.2) is 4.79 Å². The minimum absolute atomic E-state index is 0.0670. The third kappa shape index (κ3) is 4.76. The first-order valence-corrected chi connectivity index (χ1v) is 11.2. The van der Waals surface area contributed by atoms with Crippen LogP contribution in [0.3, 0.4) is 0 Å². The Labute approximate surface area is 196 Å². The van der Waals surface area contributed by atoms with Crippen LogP contribution in [0.1, 0.15) is 25.3 Å². The van der Waals surface area contributed by atoms with Crippen LogP contribution in [0.4, 0.5) is 0 Å². The van der Waals surface area contributed by atoms with Crippen molar-refractivity contribution < 1.29 is 49.3 Å². The van der Waals surface area contributed by atoms with Crippen molar-refractivity contribution in [3.8, 4) is 0 Å². The van der Waals surface area contributed by atoms with Crippen molar-refractivity contribution in [1.29, 1.82) is 0 Å². The molecule has 0 amide bonds. The van der Waals surface area contributed by atoms with Crippen LogP contribution in [0.5, 0.6) is 0 Å². The summed E-state index contributed by atoms with van der Waals surface area (Å²) in [7, 11) is 0. The van der Waals surface area contributed by atoms with Crippen LogP contribution in [0, 0.1) is 11.8 Å². The van der Waals surface area contributed by atoms with Gasteiger partial charge in [0.15, 0.2) is 6.29 Å². The average molecular weight is 478 g/mol. The van der Waals surface area contributed by atoms with Gasteiger partial charge in [0.25, 0.3) is 0 Å². The van der Waals surface area contributed by atoms with E-state index in [2.05, 4.69) is 0 Å². The van der Waals surface area contributed by atoms with Crippen LogP contribution in [-0.2, 0) is 23.7 Å². The van der Waals surface area contributed by atoms with Gasteiger partial charge in [-0.1, -0.05) is 30.3 Å². The zero-order chi connectivity index (χ0) is 24.5. The molecule has 1 aromatic carbocycles. The Morgan fingerprint density at radius 1 is 1.18 bits per heavy atom. The van der Waals surface area contributed by atoms with Gasteiger partial charge in [-0.2, -0.15) is 0 Å². The lowest BCUT2D eigenvalue weighted by molar-refractivity contribution is -0.417. The van der Waals surface area contributed by atoms with Crippen LogP contribution in [0.15, 0.2) is 48.7 Å². The number of benzene rings is 1. The minimum Gasteiger partial charge on any atom is -0.472 e. The number of esters is 1. The number of rotatable bonds is 6. The first kappa shape index (κ1) is 24.8. The lowest BCUT2D eigenvalue weighted by Gasteiger charge is -2.46. The predicted molar refractivity (Wildman–Crippen MR) is 116 cm³/mol. The topological polar surface area (TPSA) is 155 Å². The molecule has 2 aliphatic heterocycles. The molecule has 10 heteroatoms. The van der Waals surface area contributed by atoms with Gasteiger partial charge in [-0.05, 0) is 43.4 Å². The molecule has 2 heterocycles. The summed E-state index contributed by atoms with van der Waals surface area (Å²) >= 11 is 0. The van der Waals surface area contributed by atoms with Crippen LogP contribution in [-0.4, -0.2) is 80.4 Å². The van der Waals surface area contributed by atoms with E-state index in [1.165, 1.54) is 12.3 Å². The van der Waals surface area contributed by atoms with E-state index < -0.39 is 60.8 Å². The molecule has 186 valence electrons. The molecule has 1 saturated heterocycles. The second kappa shape index (κ2) is 9.74. The van der Waals surface area contributed by atoms with Crippen molar-refractivity contribution in [2.75, 3.05) is 6.61 Å². The molecule has 2 fully saturated rings. The highest BCUT2D eigenvalue weighted by molar-refractivity contribution is 5.87. The van der Waals surface area contributed by atoms with Gasteiger partial charge < -0.3 is 44.5 Å². The van der Waals surface area contributed by atoms with Gasteiger partial charge in [-0.15, -0.1) is 0 Å². The fourth-order valence-corrected chi connectivity index (χ4v) is 4.82. The van der Waals surface area contributed by atoms with Crippen molar-refractivity contribution in [3.63, 3.8) is 0 Å². The molecule has 0 aromatic heterocycles. The highest BCUT2D eigenvalue weighted by Gasteiger charge is 2.57. The molecule has 1 aromatic rings. The molecular weight excluding hydrogens is 448 g/mol. The highest BCUT2D eigenvalue weighted by atomic mass is 16.8. The van der Waals surface area contributed by atoms with Crippen LogP contribution < -0.4 is 0 Å². The summed E-state index contributed by atoms with van der Waals surface area (Å²) in [4.78, 5) is 12.6. The maximum absolute atomic E-state index is 12.6. The first-order valence-electron chi connectivity index (χ1n) is 11.2. The summed E-state index contributed by atoms with van der Waals surface area (Å²) in [5, 5.41) is 50.1. The van der Waals surface area contributed by atoms with Crippen molar-refractivity contribution in [3.05, 3.63) is 54.3 Å². The van der Waals surface area contributed by atoms with Crippen molar-refractivity contribution in [2.24, 2.45) is 11.8 Å². The number of aliphatic hydroxyl groups is 5. The highest BCUT2D eigenvalue weighted by Crippen LogP contribution is 2.49. The summed E-state index contributed by atoms with van der Waals surface area (Å²) in [6.45, 7) is 0.726. The van der Waals surface area contributed by atoms with E-state index >= 15 is 0 Å². The molecule has 3 aliphatic rings. The summed E-state index contributed by atoms with van der Waals surface area (Å²) in [6, 6.07) is 9.30. The van der Waals surface area contributed by atoms with Crippen LogP contribution in [0.25, 0.3) is 6.08 Å². The van der Waals surface area contributed by atoms with E-state index in [1.54, 1.807) is 13.0 Å². The van der Waals surface area contributed by atoms with Crippen LogP contribution >= 0.6 is 0 Å². The molecule has 1 saturated carbocycles. The number of carbonyl (C=O) groups excluding carboxylic acids is 1. The fraction of sp³-hybridized carbons (Fsp3) is 0.542. The van der Waals surface area contributed by atoms with Crippen molar-refractivity contribution >= 4 is 12.0 Å². The SMILES string of the molecule is C[C@]1(OC(=O)/C=C/c2ccccc2)CC[C@@H]2C=COC(O[C@H]3O[C@](O)(CO)[C@@H](O)[C@H](O)[C@H]3O)[C@@H]21. The van der Waals surface area contributed by atoms with E-state index in [0.29, 0.717) is 12.8 Å². The molecule has 10 nitrogen and oxygen atoms in total. The normalized spacial score (nSPS) is 41.8. The largest absolute Gasteiger partial charge is 0.472 e. The zero-order valence-electron chi connectivity index (χ0n) is 18.6. The molecule has 5 N–H and O–H groups in total. The lowest BCUT2D eigenvalue weighted by Crippen LogP contribution is -2.67. The second-order valence-corrected chi connectivity index (χ2v) is 9.09. The third-order valence-corrected chi connectivity index (χ3v) is 6.75. The monoisotopic (exact) mass is 478 g/mol. The van der Waals surface area contributed by atoms with Gasteiger partial charge in [0.1, 0.15) is 23.9 Å². The fourth-order valence-electron chi connectivity index (χ4n) is 4.82. The molecule has 34 heavy (non-hydrogen) atoms. The number of aliphatic hydroxyl groups excluding tert-OH is 4. The molecule has 0 bridgehead atoms. The molecule has 1 unspecified atom stereocenters. The Balaban J connectivity index is 1.49. The Morgan fingerprint density at radius 2 is 1.91 bits per heavy atom. The number of hydrogen-bond donors (Lipinski definition) is 5. The molecule has 1 aliphatic carbocycles. The standard InChI is InChI=1S/C24H30O10/c1-23(33-16(26)8-7-14-5-3-2-4-6-14)11-9-15-10-12-31-21(17(15)23)32-22-19(28)18(27)20(29)24(30,13-25)34-22/h2-8,10,12,15,17-22,25,27-30H,9,11,13H2,1H3/b8-7+/t15-,17-,18-,19-,20+,21?,22+,23+,24-/m1/s1. The average Bonchev–Trinajstić information content (AvgIpc) is 3.17. The van der Waals surface area contributed by atoms with Crippen molar-refractivity contribution in [2.45, 2.75) is 62.0 Å². The van der Waals surface area contributed by atoms with Gasteiger partial charge in [0.2, 0.25) is 12.1 Å². The maximum Gasteiger partial charge on any atom is 0.331 e. The Bertz CT molecular complexity index is 920.